The summed E-state index contributed by atoms with van der Waals surface area (Å²) < 4.78 is 27.0. The molecule has 8 heteroatoms. The van der Waals surface area contributed by atoms with E-state index in [2.05, 4.69) is 25.6 Å². The zero-order valence-electron chi connectivity index (χ0n) is 10.1. The van der Waals surface area contributed by atoms with Crippen LogP contribution < -0.4 is 10.6 Å². The highest BCUT2D eigenvalue weighted by molar-refractivity contribution is 6.28. The summed E-state index contributed by atoms with van der Waals surface area (Å²) >= 11 is 5.68. The predicted molar refractivity (Wildman–Crippen MR) is 68.8 cm³/mol. The van der Waals surface area contributed by atoms with Crippen molar-refractivity contribution >= 4 is 29.2 Å². The van der Waals surface area contributed by atoms with Crippen LogP contribution in [0.3, 0.4) is 0 Å². The van der Waals surface area contributed by atoms with E-state index in [4.69, 9.17) is 11.6 Å². The molecule has 0 amide bonds. The van der Waals surface area contributed by atoms with Crippen molar-refractivity contribution in [3.05, 3.63) is 34.6 Å². The minimum atomic E-state index is -0.610. The normalized spacial score (nSPS) is 10.4. The smallest absolute Gasteiger partial charge is 0.233 e. The highest BCUT2D eigenvalue weighted by atomic mass is 35.5. The van der Waals surface area contributed by atoms with Gasteiger partial charge < -0.3 is 10.6 Å². The van der Waals surface area contributed by atoms with Crippen LogP contribution in [-0.4, -0.2) is 22.0 Å². The zero-order chi connectivity index (χ0) is 14.0. The quantitative estimate of drug-likeness (QED) is 0.908. The first-order chi connectivity index (χ1) is 8.99. The second-order valence-electron chi connectivity index (χ2n) is 3.71. The summed E-state index contributed by atoms with van der Waals surface area (Å²) in [6.45, 7) is 1.47. The van der Waals surface area contributed by atoms with Crippen molar-refractivity contribution in [2.75, 3.05) is 17.7 Å². The highest BCUT2D eigenvalue weighted by Gasteiger charge is 2.10. The van der Waals surface area contributed by atoms with Crippen molar-refractivity contribution in [3.8, 4) is 0 Å². The number of halogens is 3. The van der Waals surface area contributed by atoms with Crippen LogP contribution >= 0.6 is 11.6 Å². The van der Waals surface area contributed by atoms with Gasteiger partial charge in [0.25, 0.3) is 0 Å². The van der Waals surface area contributed by atoms with Crippen LogP contribution in [0.4, 0.5) is 26.4 Å². The molecule has 2 rings (SSSR count). The van der Waals surface area contributed by atoms with Crippen LogP contribution in [0.1, 0.15) is 5.56 Å². The third-order valence-corrected chi connectivity index (χ3v) is 2.50. The maximum atomic E-state index is 13.7. The third kappa shape index (κ3) is 3.05. The van der Waals surface area contributed by atoms with E-state index in [9.17, 15) is 8.78 Å². The van der Waals surface area contributed by atoms with E-state index in [-0.39, 0.29) is 28.4 Å². The average molecular weight is 286 g/mol. The molecule has 0 unspecified atom stereocenters. The van der Waals surface area contributed by atoms with Crippen molar-refractivity contribution in [2.45, 2.75) is 6.92 Å². The molecule has 2 N–H and O–H groups in total. The van der Waals surface area contributed by atoms with Gasteiger partial charge in [0.05, 0.1) is 5.69 Å². The van der Waals surface area contributed by atoms with E-state index in [1.807, 2.05) is 0 Å². The summed E-state index contributed by atoms with van der Waals surface area (Å²) in [5.41, 5.74) is 0.139. The molecule has 0 saturated heterocycles. The predicted octanol–water partition coefficient (Wildman–Crippen LogP) is 2.90. The van der Waals surface area contributed by atoms with Crippen molar-refractivity contribution < 1.29 is 8.78 Å². The van der Waals surface area contributed by atoms with Crippen LogP contribution in [0.5, 0.6) is 0 Å². The SMILES string of the molecule is CNc1nc(Cl)nc(Nc2cc(F)c(C)cc2F)n1. The van der Waals surface area contributed by atoms with Gasteiger partial charge in [0.1, 0.15) is 11.6 Å². The molecule has 1 aromatic carbocycles. The maximum Gasteiger partial charge on any atom is 0.233 e. The Kier molecular flexibility index (Phi) is 3.75. The van der Waals surface area contributed by atoms with Gasteiger partial charge in [-0.3, -0.25) is 0 Å². The number of nitrogens with zero attached hydrogens (tertiary/aromatic N) is 3. The number of nitrogens with one attached hydrogen (secondary N) is 2. The molecule has 0 aliphatic carbocycles. The summed E-state index contributed by atoms with van der Waals surface area (Å²) in [4.78, 5) is 11.5. The zero-order valence-corrected chi connectivity index (χ0v) is 10.9. The van der Waals surface area contributed by atoms with Gasteiger partial charge in [0.15, 0.2) is 0 Å². The Labute approximate surface area is 113 Å². The van der Waals surface area contributed by atoms with Gasteiger partial charge in [-0.25, -0.2) is 8.78 Å². The van der Waals surface area contributed by atoms with Gasteiger partial charge in [-0.1, -0.05) is 0 Å². The van der Waals surface area contributed by atoms with E-state index in [0.29, 0.717) is 0 Å². The standard InChI is InChI=1S/C11H10ClF2N5/c1-5-3-7(14)8(4-6(5)13)16-11-18-9(12)17-10(15-2)19-11/h3-4H,1-2H3,(H2,15,16,17,18,19). The van der Waals surface area contributed by atoms with Gasteiger partial charge in [-0.2, -0.15) is 15.0 Å². The molecular weight excluding hydrogens is 276 g/mol. The fraction of sp³-hybridized carbons (Fsp3) is 0.182. The number of hydrogen-bond donors (Lipinski definition) is 2. The van der Waals surface area contributed by atoms with Crippen molar-refractivity contribution in [1.29, 1.82) is 0 Å². The van der Waals surface area contributed by atoms with Crippen molar-refractivity contribution in [1.82, 2.24) is 15.0 Å². The monoisotopic (exact) mass is 285 g/mol. The minimum absolute atomic E-state index is 0.0199. The van der Waals surface area contributed by atoms with Gasteiger partial charge >= 0.3 is 0 Å². The summed E-state index contributed by atoms with van der Waals surface area (Å²) in [5, 5.41) is 5.17. The molecule has 0 aliphatic rings. The summed E-state index contributed by atoms with van der Waals surface area (Å²) in [6, 6.07) is 2.11. The molecule has 0 spiro atoms. The van der Waals surface area contributed by atoms with Crippen LogP contribution in [0.15, 0.2) is 12.1 Å². The Balaban J connectivity index is 2.36. The first kappa shape index (κ1) is 13.4. The second kappa shape index (κ2) is 5.31. The highest BCUT2D eigenvalue weighted by Crippen LogP contribution is 2.22. The van der Waals surface area contributed by atoms with Crippen LogP contribution in [0.2, 0.25) is 5.28 Å². The minimum Gasteiger partial charge on any atom is -0.357 e. The number of anilines is 3. The van der Waals surface area contributed by atoms with E-state index >= 15 is 0 Å². The molecule has 0 bridgehead atoms. The van der Waals surface area contributed by atoms with Gasteiger partial charge in [0, 0.05) is 13.1 Å². The van der Waals surface area contributed by atoms with E-state index < -0.39 is 11.6 Å². The first-order valence-electron chi connectivity index (χ1n) is 5.31. The Bertz CT molecular complexity index is 620. The molecule has 5 nitrogen and oxygen atoms in total. The molecule has 1 aromatic heterocycles. The van der Waals surface area contributed by atoms with Gasteiger partial charge in [-0.15, -0.1) is 0 Å². The molecule has 2 aromatic rings. The van der Waals surface area contributed by atoms with Gasteiger partial charge in [-0.05, 0) is 30.2 Å². The fourth-order valence-corrected chi connectivity index (χ4v) is 1.54. The summed E-state index contributed by atoms with van der Waals surface area (Å²) in [5.74, 6) is -0.902. The lowest BCUT2D eigenvalue weighted by molar-refractivity contribution is 0.595. The molecule has 19 heavy (non-hydrogen) atoms. The Morgan fingerprint density at radius 3 is 2.42 bits per heavy atom. The largest absolute Gasteiger partial charge is 0.357 e. The molecule has 1 heterocycles. The Morgan fingerprint density at radius 2 is 1.74 bits per heavy atom. The molecule has 0 aliphatic heterocycles. The Morgan fingerprint density at radius 1 is 1.05 bits per heavy atom. The fourth-order valence-electron chi connectivity index (χ4n) is 1.38. The first-order valence-corrected chi connectivity index (χ1v) is 5.69. The lowest BCUT2D eigenvalue weighted by Crippen LogP contribution is -2.05. The third-order valence-electron chi connectivity index (χ3n) is 2.33. The van der Waals surface area contributed by atoms with E-state index in [1.54, 1.807) is 7.05 Å². The molecular formula is C11H10ClF2N5. The number of hydrogen-bond acceptors (Lipinski definition) is 5. The summed E-state index contributed by atoms with van der Waals surface area (Å²) in [6.07, 6.45) is 0. The molecule has 0 radical (unpaired) electrons. The van der Waals surface area contributed by atoms with Crippen LogP contribution in [0.25, 0.3) is 0 Å². The molecule has 0 fully saturated rings. The topological polar surface area (TPSA) is 62.7 Å². The number of aryl methyl sites for hydroxylation is 1. The van der Waals surface area contributed by atoms with E-state index in [1.165, 1.54) is 6.92 Å². The molecule has 0 saturated carbocycles. The molecule has 0 atom stereocenters. The van der Waals surface area contributed by atoms with Crippen LogP contribution in [0, 0.1) is 18.6 Å². The maximum absolute atomic E-state index is 13.7. The van der Waals surface area contributed by atoms with Crippen LogP contribution in [-0.2, 0) is 0 Å². The van der Waals surface area contributed by atoms with E-state index in [0.717, 1.165) is 12.1 Å². The van der Waals surface area contributed by atoms with Crippen molar-refractivity contribution in [3.63, 3.8) is 0 Å². The number of aromatic nitrogens is 3. The lowest BCUT2D eigenvalue weighted by atomic mass is 10.2. The Hall–Kier alpha value is -2.02. The summed E-state index contributed by atoms with van der Waals surface area (Å²) in [7, 11) is 1.60. The molecule has 100 valence electrons. The lowest BCUT2D eigenvalue weighted by Gasteiger charge is -2.08. The number of rotatable bonds is 3. The number of benzene rings is 1. The van der Waals surface area contributed by atoms with Crippen molar-refractivity contribution in [2.24, 2.45) is 0 Å². The van der Waals surface area contributed by atoms with Gasteiger partial charge in [0.2, 0.25) is 17.2 Å². The average Bonchev–Trinajstić information content (AvgIpc) is 2.35. The second-order valence-corrected chi connectivity index (χ2v) is 4.05.